The summed E-state index contributed by atoms with van der Waals surface area (Å²) in [6.45, 7) is 5.77. The van der Waals surface area contributed by atoms with Gasteiger partial charge in [-0.3, -0.25) is 4.79 Å². The molecule has 0 aliphatic rings. The summed E-state index contributed by atoms with van der Waals surface area (Å²) < 4.78 is 11.8. The van der Waals surface area contributed by atoms with Crippen LogP contribution in [-0.2, 0) is 11.4 Å². The molecular weight excluding hydrogens is 566 g/mol. The van der Waals surface area contributed by atoms with E-state index in [1.807, 2.05) is 6.92 Å². The Hall–Kier alpha value is -4.86. The second kappa shape index (κ2) is 14.1. The highest BCUT2D eigenvalue weighted by Crippen LogP contribution is 2.57. The highest BCUT2D eigenvalue weighted by Gasteiger charge is 2.29. The molecular formula is C34H39NO9. The Morgan fingerprint density at radius 1 is 0.773 bits per heavy atom. The van der Waals surface area contributed by atoms with Gasteiger partial charge in [0, 0.05) is 16.3 Å². The third kappa shape index (κ3) is 6.54. The summed E-state index contributed by atoms with van der Waals surface area (Å²) in [5.74, 6) is -4.11. The lowest BCUT2D eigenvalue weighted by molar-refractivity contribution is -0.140. The standard InChI is InChI=1S/C34H39NO9/c1-4-6-7-10-17-43-31-24-25(28(37)23-12-9-8-11-22(23)27(24)36)32(30(39)29(31)38)44-18-20-13-15-21(16-14-20)33(40)35-26(34(41)42)19(3)5-2/h8-9,11-16,19,26,36-39H,4-7,10,17-18H2,1-3H3,(H,35,40)(H,41,42)/t19-,26+/m1/s1. The fourth-order valence-corrected chi connectivity index (χ4v) is 5.10. The third-order valence-electron chi connectivity index (χ3n) is 7.88. The fraction of sp³-hybridized carbons (Fsp3) is 0.353. The molecule has 10 nitrogen and oxygen atoms in total. The number of aliphatic carboxylic acids is 1. The van der Waals surface area contributed by atoms with Crippen molar-refractivity contribution >= 4 is 33.4 Å². The minimum Gasteiger partial charge on any atom is -0.506 e. The van der Waals surface area contributed by atoms with E-state index in [0.717, 1.165) is 19.3 Å². The molecule has 4 aromatic rings. The van der Waals surface area contributed by atoms with E-state index in [4.69, 9.17) is 9.47 Å². The van der Waals surface area contributed by atoms with Crippen molar-refractivity contribution in [1.82, 2.24) is 5.32 Å². The van der Waals surface area contributed by atoms with Crippen LogP contribution in [0.15, 0.2) is 48.5 Å². The first-order chi connectivity index (χ1) is 21.1. The first-order valence-corrected chi connectivity index (χ1v) is 14.8. The van der Waals surface area contributed by atoms with E-state index in [9.17, 15) is 35.1 Å². The molecule has 4 rings (SSSR count). The van der Waals surface area contributed by atoms with Crippen LogP contribution in [0.25, 0.3) is 21.5 Å². The molecule has 0 fully saturated rings. The summed E-state index contributed by atoms with van der Waals surface area (Å²) in [5, 5.41) is 57.3. The van der Waals surface area contributed by atoms with Crippen LogP contribution in [0.4, 0.5) is 0 Å². The van der Waals surface area contributed by atoms with E-state index in [1.165, 1.54) is 12.1 Å². The predicted octanol–water partition coefficient (Wildman–Crippen LogP) is 6.58. The Kier molecular flexibility index (Phi) is 10.3. The van der Waals surface area contributed by atoms with E-state index in [1.54, 1.807) is 43.3 Å². The number of benzene rings is 4. The Labute approximate surface area is 255 Å². The number of aromatic hydroxyl groups is 4. The molecule has 6 N–H and O–H groups in total. The number of hydrogen-bond acceptors (Lipinski definition) is 8. The summed E-state index contributed by atoms with van der Waals surface area (Å²) in [6.07, 6.45) is 4.22. The maximum Gasteiger partial charge on any atom is 0.326 e. The number of rotatable bonds is 14. The van der Waals surface area contributed by atoms with Gasteiger partial charge in [-0.05, 0) is 30.0 Å². The number of phenolic OH excluding ortho intramolecular Hbond substituents is 4. The Morgan fingerprint density at radius 2 is 1.34 bits per heavy atom. The lowest BCUT2D eigenvalue weighted by Gasteiger charge is -2.20. The van der Waals surface area contributed by atoms with Gasteiger partial charge in [-0.15, -0.1) is 0 Å². The summed E-state index contributed by atoms with van der Waals surface area (Å²) >= 11 is 0. The molecule has 0 saturated heterocycles. The number of fused-ring (bicyclic) bond motifs is 2. The Balaban J connectivity index is 1.66. The number of carboxylic acids is 1. The largest absolute Gasteiger partial charge is 0.506 e. The normalized spacial score (nSPS) is 12.6. The molecule has 1 amide bonds. The van der Waals surface area contributed by atoms with Gasteiger partial charge in [-0.25, -0.2) is 4.79 Å². The molecule has 0 aliphatic carbocycles. The smallest absolute Gasteiger partial charge is 0.326 e. The van der Waals surface area contributed by atoms with Crippen LogP contribution < -0.4 is 14.8 Å². The van der Waals surface area contributed by atoms with E-state index in [2.05, 4.69) is 12.2 Å². The quantitative estimate of drug-likeness (QED) is 0.0403. The van der Waals surface area contributed by atoms with E-state index < -0.39 is 29.4 Å². The Bertz CT molecular complexity index is 1650. The van der Waals surface area contributed by atoms with Crippen molar-refractivity contribution in [1.29, 1.82) is 0 Å². The zero-order valence-corrected chi connectivity index (χ0v) is 25.1. The van der Waals surface area contributed by atoms with Crippen molar-refractivity contribution in [2.75, 3.05) is 6.61 Å². The molecule has 0 aliphatic heterocycles. The third-order valence-corrected chi connectivity index (χ3v) is 7.88. The highest BCUT2D eigenvalue weighted by atomic mass is 16.5. The number of unbranched alkanes of at least 4 members (excludes halogenated alkanes) is 3. The van der Waals surface area contributed by atoms with Gasteiger partial charge in [-0.1, -0.05) is 82.9 Å². The van der Waals surface area contributed by atoms with Crippen molar-refractivity contribution in [3.63, 3.8) is 0 Å². The van der Waals surface area contributed by atoms with Crippen LogP contribution in [0.1, 0.15) is 68.8 Å². The van der Waals surface area contributed by atoms with E-state index >= 15 is 0 Å². The van der Waals surface area contributed by atoms with Crippen LogP contribution >= 0.6 is 0 Å². The predicted molar refractivity (Wildman–Crippen MR) is 167 cm³/mol. The number of hydrogen-bond donors (Lipinski definition) is 6. The SMILES string of the molecule is CCCCCCOc1c(O)c(O)c(OCc2ccc(C(=O)N[C@H](C(=O)O)[C@H](C)CC)cc2)c2c(O)c3ccccc3c(O)c12. The molecule has 4 aromatic carbocycles. The number of ether oxygens (including phenoxy) is 2. The van der Waals surface area contributed by atoms with E-state index in [0.29, 0.717) is 29.2 Å². The molecule has 44 heavy (non-hydrogen) atoms. The first kappa shape index (κ1) is 32.1. The van der Waals surface area contributed by atoms with Crippen molar-refractivity contribution < 1.29 is 44.6 Å². The molecule has 10 heteroatoms. The second-order valence-corrected chi connectivity index (χ2v) is 10.9. The molecule has 0 heterocycles. The van der Waals surface area contributed by atoms with Gasteiger partial charge in [0.25, 0.3) is 5.91 Å². The summed E-state index contributed by atoms with van der Waals surface area (Å²) in [4.78, 5) is 24.3. The van der Waals surface area contributed by atoms with Gasteiger partial charge < -0.3 is 40.3 Å². The monoisotopic (exact) mass is 605 g/mol. The summed E-state index contributed by atoms with van der Waals surface area (Å²) in [5.41, 5.74) is 0.828. The molecule has 0 aromatic heterocycles. The lowest BCUT2D eigenvalue weighted by Crippen LogP contribution is -2.45. The number of carboxylic acid groups (broad SMARTS) is 1. The first-order valence-electron chi connectivity index (χ1n) is 14.8. The van der Waals surface area contributed by atoms with Crippen molar-refractivity contribution in [3.8, 4) is 34.5 Å². The van der Waals surface area contributed by atoms with Crippen molar-refractivity contribution in [2.24, 2.45) is 5.92 Å². The topological polar surface area (TPSA) is 166 Å². The second-order valence-electron chi connectivity index (χ2n) is 10.9. The Morgan fingerprint density at radius 3 is 1.86 bits per heavy atom. The minimum atomic E-state index is -1.11. The van der Waals surface area contributed by atoms with Gasteiger partial charge in [-0.2, -0.15) is 0 Å². The summed E-state index contributed by atoms with van der Waals surface area (Å²) in [6, 6.07) is 11.9. The number of phenols is 4. The molecule has 2 atom stereocenters. The van der Waals surface area contributed by atoms with Gasteiger partial charge in [0.15, 0.2) is 11.5 Å². The van der Waals surface area contributed by atoms with Crippen LogP contribution in [0.2, 0.25) is 0 Å². The summed E-state index contributed by atoms with van der Waals surface area (Å²) in [7, 11) is 0. The zero-order chi connectivity index (χ0) is 32.0. The zero-order valence-electron chi connectivity index (χ0n) is 25.1. The van der Waals surface area contributed by atoms with Gasteiger partial charge in [0.1, 0.15) is 24.1 Å². The lowest BCUT2D eigenvalue weighted by atomic mass is 9.98. The average Bonchev–Trinajstić information content (AvgIpc) is 3.03. The van der Waals surface area contributed by atoms with Gasteiger partial charge >= 0.3 is 5.97 Å². The molecule has 0 unspecified atom stereocenters. The van der Waals surface area contributed by atoms with Crippen molar-refractivity contribution in [3.05, 3.63) is 59.7 Å². The number of nitrogens with one attached hydrogen (secondary N) is 1. The fourth-order valence-electron chi connectivity index (χ4n) is 5.10. The molecule has 0 spiro atoms. The molecule has 0 bridgehead atoms. The minimum absolute atomic E-state index is 0.00306. The molecule has 0 saturated carbocycles. The molecule has 0 radical (unpaired) electrons. The van der Waals surface area contributed by atoms with Crippen LogP contribution in [0, 0.1) is 5.92 Å². The van der Waals surface area contributed by atoms with Gasteiger partial charge in [0.05, 0.1) is 17.4 Å². The number of carbonyl (C=O) groups excluding carboxylic acids is 1. The number of carbonyl (C=O) groups is 2. The number of amides is 1. The van der Waals surface area contributed by atoms with Crippen LogP contribution in [-0.4, -0.2) is 50.1 Å². The van der Waals surface area contributed by atoms with E-state index in [-0.39, 0.29) is 58.5 Å². The molecule has 234 valence electrons. The van der Waals surface area contributed by atoms with Crippen LogP contribution in [0.3, 0.4) is 0 Å². The average molecular weight is 606 g/mol. The van der Waals surface area contributed by atoms with Crippen molar-refractivity contribution in [2.45, 2.75) is 65.5 Å². The maximum absolute atomic E-state index is 12.7. The maximum atomic E-state index is 12.7. The highest BCUT2D eigenvalue weighted by molar-refractivity contribution is 6.16. The van der Waals surface area contributed by atoms with Gasteiger partial charge in [0.2, 0.25) is 11.5 Å². The van der Waals surface area contributed by atoms with Crippen LogP contribution in [0.5, 0.6) is 34.5 Å².